The first-order chi connectivity index (χ1) is 32.1. The van der Waals surface area contributed by atoms with E-state index in [1.54, 1.807) is 24.5 Å². The summed E-state index contributed by atoms with van der Waals surface area (Å²) in [6.45, 7) is 3.03. The number of fused-ring (bicyclic) bond motifs is 6. The molecule has 0 saturated heterocycles. The monoisotopic (exact) mass is 910 g/mol. The van der Waals surface area contributed by atoms with Crippen molar-refractivity contribution in [2.24, 2.45) is 4.99 Å². The molecule has 19 heteroatoms. The lowest BCUT2D eigenvalue weighted by Gasteiger charge is -2.13. The summed E-state index contributed by atoms with van der Waals surface area (Å²) in [4.78, 5) is 51.7. The van der Waals surface area contributed by atoms with Crippen LogP contribution in [-0.4, -0.2) is 52.3 Å². The van der Waals surface area contributed by atoms with Gasteiger partial charge >= 0.3 is 12.2 Å². The number of nitrogens with one attached hydrogen (secondary N) is 2. The molecule has 8 aromatic rings. The Morgan fingerprint density at radius 1 is 0.701 bits per heavy atom. The van der Waals surface area contributed by atoms with E-state index in [0.717, 1.165) is 102 Å². The number of hydrogen-bond donors (Lipinski definition) is 6. The van der Waals surface area contributed by atoms with Gasteiger partial charge in [-0.25, -0.2) is 29.5 Å². The summed E-state index contributed by atoms with van der Waals surface area (Å²) in [7, 11) is 0. The predicted octanol–water partition coefficient (Wildman–Crippen LogP) is 9.28. The second-order valence-corrected chi connectivity index (χ2v) is 15.5. The lowest BCUT2D eigenvalue weighted by Crippen LogP contribution is -2.19. The molecule has 4 heterocycles. The number of amides is 2. The number of nitrogen functional groups attached to an aromatic ring is 3. The van der Waals surface area contributed by atoms with Crippen LogP contribution in [0, 0.1) is 6.92 Å². The van der Waals surface area contributed by atoms with E-state index in [2.05, 4.69) is 44.7 Å². The van der Waals surface area contributed by atoms with Gasteiger partial charge in [0.2, 0.25) is 6.08 Å². The van der Waals surface area contributed by atoms with Gasteiger partial charge in [0.1, 0.15) is 23.7 Å². The van der Waals surface area contributed by atoms with Crippen LogP contribution in [0.15, 0.2) is 115 Å². The van der Waals surface area contributed by atoms with E-state index in [1.807, 2.05) is 61.5 Å². The Labute approximate surface area is 381 Å². The van der Waals surface area contributed by atoms with Gasteiger partial charge in [-0.1, -0.05) is 18.2 Å². The third kappa shape index (κ3) is 10.7. The maximum atomic E-state index is 12.9. The molecule has 2 aliphatic carbocycles. The first-order valence-corrected chi connectivity index (χ1v) is 20.9. The maximum Gasteiger partial charge on any atom is 0.416 e. The standard InChI is InChI=1S/C23H19F3N6O.C15H15N5.C8H7NO.C2H4O2/c24-23(25,26)13-3-1-4-15(11-13)31-22(33)30-14-7-9-16(10-8-14)32-18-6-2-5-17(18)19-20(32)21(27)29-12-28-19;16-9-4-6-10(7-5-9)20-12-3-1-2-11(12)13-14(20)15(17)19-8-18-13;1-7-3-2-4-8(5-7)9-6-10;1-2(3)4/h1,3-4,7-12H,2,5-6H2,(H2,27,28,29)(H2,30,31,33);4-8H,1-3,16H2,(H2,17,18,19);2-5H,1H3;1H3,(H,3,4). The van der Waals surface area contributed by atoms with E-state index in [0.29, 0.717) is 23.0 Å². The highest BCUT2D eigenvalue weighted by Gasteiger charge is 2.31. The smallest absolute Gasteiger partial charge is 0.416 e. The Bertz CT molecular complexity index is 3140. The molecule has 0 spiro atoms. The van der Waals surface area contributed by atoms with E-state index >= 15 is 0 Å². The largest absolute Gasteiger partial charge is 0.481 e. The highest BCUT2D eigenvalue weighted by molar-refractivity contribution is 6.00. The number of nitrogens with zero attached hydrogens (tertiary/aromatic N) is 7. The number of anilines is 5. The number of nitrogens with two attached hydrogens (primary N) is 3. The molecule has 2 aliphatic rings. The van der Waals surface area contributed by atoms with E-state index in [4.69, 9.17) is 27.1 Å². The lowest BCUT2D eigenvalue weighted by atomic mass is 10.2. The number of alkyl halides is 3. The number of hydrogen-bond acceptors (Lipinski definition) is 11. The van der Waals surface area contributed by atoms with Gasteiger partial charge in [0.05, 0.1) is 22.3 Å². The first-order valence-electron chi connectivity index (χ1n) is 20.9. The summed E-state index contributed by atoms with van der Waals surface area (Å²) in [6.07, 6.45) is 6.18. The minimum Gasteiger partial charge on any atom is -0.481 e. The highest BCUT2D eigenvalue weighted by atomic mass is 19.4. The van der Waals surface area contributed by atoms with Gasteiger partial charge in [-0.2, -0.15) is 18.2 Å². The molecule has 0 fully saturated rings. The van der Waals surface area contributed by atoms with Crippen LogP contribution in [-0.2, 0) is 41.4 Å². The van der Waals surface area contributed by atoms with Crippen LogP contribution in [0.25, 0.3) is 33.4 Å². The second kappa shape index (κ2) is 20.1. The van der Waals surface area contributed by atoms with Crippen molar-refractivity contribution in [2.45, 2.75) is 58.5 Å². The molecular formula is C48H45F3N12O4. The number of carboxylic acid groups (broad SMARTS) is 1. The number of carbonyl (C=O) groups is 2. The Morgan fingerprint density at radius 2 is 1.21 bits per heavy atom. The molecule has 0 atom stereocenters. The van der Waals surface area contributed by atoms with Crippen molar-refractivity contribution in [3.05, 3.63) is 143 Å². The third-order valence-corrected chi connectivity index (χ3v) is 10.8. The first kappa shape index (κ1) is 46.4. The molecule has 342 valence electrons. The van der Waals surface area contributed by atoms with Crippen molar-refractivity contribution in [3.8, 4) is 11.4 Å². The average molecular weight is 911 g/mol. The van der Waals surface area contributed by atoms with Gasteiger partial charge in [0, 0.05) is 46.7 Å². The van der Waals surface area contributed by atoms with Gasteiger partial charge in [0.25, 0.3) is 5.97 Å². The topological polar surface area (TPSA) is 247 Å². The number of aromatic nitrogens is 6. The van der Waals surface area contributed by atoms with Gasteiger partial charge in [-0.15, -0.1) is 0 Å². The third-order valence-electron chi connectivity index (χ3n) is 10.8. The number of aryl methyl sites for hydroxylation is 3. The molecule has 10 rings (SSSR count). The number of carbonyl (C=O) groups excluding carboxylic acids is 2. The number of isocyanates is 1. The van der Waals surface area contributed by atoms with Crippen LogP contribution < -0.4 is 27.8 Å². The molecule has 0 unspecified atom stereocenters. The number of benzene rings is 4. The zero-order valence-electron chi connectivity index (χ0n) is 36.3. The predicted molar refractivity (Wildman–Crippen MR) is 251 cm³/mol. The Morgan fingerprint density at radius 3 is 1.72 bits per heavy atom. The minimum atomic E-state index is -4.48. The summed E-state index contributed by atoms with van der Waals surface area (Å²) < 4.78 is 42.8. The van der Waals surface area contributed by atoms with E-state index in [-0.39, 0.29) is 5.69 Å². The Balaban J connectivity index is 0.000000164. The fraction of sp³-hybridized carbons (Fsp3) is 0.188. The number of halogens is 3. The van der Waals surface area contributed by atoms with Crippen LogP contribution >= 0.6 is 0 Å². The van der Waals surface area contributed by atoms with Crippen LogP contribution in [0.4, 0.5) is 52.4 Å². The van der Waals surface area contributed by atoms with Crippen molar-refractivity contribution in [3.63, 3.8) is 0 Å². The van der Waals surface area contributed by atoms with Gasteiger partial charge in [-0.05, 0) is 141 Å². The lowest BCUT2D eigenvalue weighted by molar-refractivity contribution is -0.137. The molecule has 0 radical (unpaired) electrons. The normalized spacial score (nSPS) is 12.3. The number of urea groups is 1. The van der Waals surface area contributed by atoms with Crippen LogP contribution in [0.5, 0.6) is 0 Å². The van der Waals surface area contributed by atoms with Gasteiger partial charge < -0.3 is 42.1 Å². The summed E-state index contributed by atoms with van der Waals surface area (Å²) >= 11 is 0. The molecular weight excluding hydrogens is 866 g/mol. The van der Waals surface area contributed by atoms with E-state index in [9.17, 15) is 22.8 Å². The molecule has 4 aromatic carbocycles. The summed E-state index contributed by atoms with van der Waals surface area (Å²) in [5, 5.41) is 12.5. The van der Waals surface area contributed by atoms with Crippen molar-refractivity contribution in [2.75, 3.05) is 27.8 Å². The number of rotatable bonds is 5. The molecule has 16 nitrogen and oxygen atoms in total. The summed E-state index contributed by atoms with van der Waals surface area (Å²) in [6, 6.07) is 26.1. The van der Waals surface area contributed by atoms with Crippen molar-refractivity contribution in [1.29, 1.82) is 0 Å². The second-order valence-electron chi connectivity index (χ2n) is 15.5. The van der Waals surface area contributed by atoms with E-state index in [1.165, 1.54) is 47.8 Å². The fourth-order valence-electron chi connectivity index (χ4n) is 8.10. The molecule has 0 bridgehead atoms. The van der Waals surface area contributed by atoms with E-state index < -0.39 is 23.7 Å². The quantitative estimate of drug-likeness (QED) is 0.0539. The summed E-state index contributed by atoms with van der Waals surface area (Å²) in [5.41, 5.74) is 30.6. The molecule has 67 heavy (non-hydrogen) atoms. The minimum absolute atomic E-state index is 0.0452. The van der Waals surface area contributed by atoms with Crippen molar-refractivity contribution in [1.82, 2.24) is 29.1 Å². The van der Waals surface area contributed by atoms with Crippen LogP contribution in [0.3, 0.4) is 0 Å². The molecule has 4 aromatic heterocycles. The summed E-state index contributed by atoms with van der Waals surface area (Å²) in [5.74, 6) is 0.0956. The number of carboxylic acids is 1. The Kier molecular flexibility index (Phi) is 13.9. The van der Waals surface area contributed by atoms with Gasteiger partial charge in [0.15, 0.2) is 11.6 Å². The Hall–Kier alpha value is -8.57. The number of aliphatic imine (C=N–C) groups is 1. The van der Waals surface area contributed by atoms with Crippen LogP contribution in [0.1, 0.15) is 53.4 Å². The zero-order valence-corrected chi connectivity index (χ0v) is 36.3. The maximum absolute atomic E-state index is 12.9. The van der Waals surface area contributed by atoms with Crippen molar-refractivity contribution < 1.29 is 32.7 Å². The molecule has 9 N–H and O–H groups in total. The molecule has 0 aliphatic heterocycles. The highest BCUT2D eigenvalue weighted by Crippen LogP contribution is 2.38. The SMILES string of the molecule is CC(=O)O.Cc1cccc(N=C=O)c1.Nc1ccc(-n2c3c(c4ncnc(N)c42)CCC3)cc1.Nc1ncnc2c3c(n(-c4ccc(NC(=O)Nc5cccc(C(F)(F)F)c5)cc4)c12)CCC3. The van der Waals surface area contributed by atoms with Gasteiger partial charge in [-0.3, -0.25) is 4.79 Å². The number of aliphatic carboxylic acids is 1. The fourth-order valence-corrected chi connectivity index (χ4v) is 8.10. The van der Waals surface area contributed by atoms with Crippen LogP contribution in [0.2, 0.25) is 0 Å². The zero-order chi connectivity index (χ0) is 47.8. The molecule has 2 amide bonds. The van der Waals surface area contributed by atoms with Crippen molar-refractivity contribution >= 4 is 74.5 Å². The molecule has 0 saturated carbocycles. The average Bonchev–Trinajstić information content (AvgIpc) is 4.08.